The van der Waals surface area contributed by atoms with Gasteiger partial charge in [-0.2, -0.15) is 0 Å². The molecule has 25 heavy (non-hydrogen) atoms. The summed E-state index contributed by atoms with van der Waals surface area (Å²) in [6.45, 7) is 11.9. The minimum Gasteiger partial charge on any atom is -1.00 e. The van der Waals surface area contributed by atoms with Gasteiger partial charge in [-0.1, -0.05) is 29.4 Å². The highest BCUT2D eigenvalue weighted by Gasteiger charge is 2.35. The minimum atomic E-state index is -3.34. The molecule has 0 radical (unpaired) electrons. The molecular formula is C18H34ClN3O2S. The van der Waals surface area contributed by atoms with Gasteiger partial charge in [0.15, 0.2) is 9.84 Å². The minimum absolute atomic E-state index is 0. The van der Waals surface area contributed by atoms with E-state index in [0.717, 1.165) is 12.8 Å². The molecule has 0 saturated carbocycles. The van der Waals surface area contributed by atoms with Crippen LogP contribution in [-0.2, 0) is 9.84 Å². The summed E-state index contributed by atoms with van der Waals surface area (Å²) in [7, 11) is -3.34. The molecule has 1 unspecified atom stereocenters. The molecule has 0 bridgehead atoms. The Morgan fingerprint density at radius 1 is 1.16 bits per heavy atom. The van der Waals surface area contributed by atoms with E-state index in [4.69, 9.17) is 11.5 Å². The topological polar surface area (TPSA) is 100 Å². The van der Waals surface area contributed by atoms with Crippen LogP contribution in [0.4, 0.5) is 0 Å². The maximum atomic E-state index is 12.6. The summed E-state index contributed by atoms with van der Waals surface area (Å²) in [5.74, 6) is -0.00289. The maximum Gasteiger partial charge on any atom is 0.338 e. The van der Waals surface area contributed by atoms with Crippen molar-refractivity contribution in [2.24, 2.45) is 11.5 Å². The molecule has 0 aliphatic heterocycles. The number of hydrogen-bond acceptors (Lipinski definition) is 2. The van der Waals surface area contributed by atoms with Crippen LogP contribution in [0.25, 0.3) is 0 Å². The van der Waals surface area contributed by atoms with Crippen LogP contribution in [-0.4, -0.2) is 31.4 Å². The number of sulfone groups is 1. The lowest BCUT2D eigenvalue weighted by Crippen LogP contribution is -3.00. The smallest absolute Gasteiger partial charge is 0.338 e. The Bertz CT molecular complexity index is 602. The zero-order valence-corrected chi connectivity index (χ0v) is 17.5. The van der Waals surface area contributed by atoms with E-state index in [0.29, 0.717) is 12.8 Å². The van der Waals surface area contributed by atoms with Gasteiger partial charge in [-0.05, 0) is 53.4 Å². The average molecular weight is 392 g/mol. The van der Waals surface area contributed by atoms with E-state index < -0.39 is 14.6 Å². The molecule has 0 fully saturated rings. The molecule has 7 heteroatoms. The third kappa shape index (κ3) is 10.3. The normalized spacial score (nSPS) is 14.0. The summed E-state index contributed by atoms with van der Waals surface area (Å²) in [5.41, 5.74) is 13.2. The van der Waals surface area contributed by atoms with Crippen LogP contribution in [0, 0.1) is 0 Å². The highest BCUT2D eigenvalue weighted by molar-refractivity contribution is 7.92. The first-order valence-electron chi connectivity index (χ1n) is 8.30. The summed E-state index contributed by atoms with van der Waals surface area (Å²) in [6.07, 6.45) is 9.11. The van der Waals surface area contributed by atoms with Crippen LogP contribution in [0.2, 0.25) is 0 Å². The monoisotopic (exact) mass is 391 g/mol. The molecule has 1 atom stereocenters. The lowest BCUT2D eigenvalue weighted by atomic mass is 10.0. The summed E-state index contributed by atoms with van der Waals surface area (Å²) in [5, 5.41) is 0. The predicted octanol–water partition coefficient (Wildman–Crippen LogP) is -1.82. The standard InChI is InChI=1S/C18H33N3O2S.ClH/c1-6-18(5,24(22,23)14-13-21-17(19)20)12-8-11-16(4)10-7-9-15(2)3;/h6,9,11H,1,7-8,10,12-14H2,2-5H3,(H4,19,20,21);1H/b16-11+;. The van der Waals surface area contributed by atoms with E-state index in [-0.39, 0.29) is 30.7 Å². The van der Waals surface area contributed by atoms with Crippen molar-refractivity contribution in [3.05, 3.63) is 36.0 Å². The van der Waals surface area contributed by atoms with Gasteiger partial charge in [-0.25, -0.2) is 8.42 Å². The van der Waals surface area contributed by atoms with Gasteiger partial charge in [0.2, 0.25) is 0 Å². The van der Waals surface area contributed by atoms with Gasteiger partial charge in [-0.3, -0.25) is 16.5 Å². The fourth-order valence-corrected chi connectivity index (χ4v) is 3.76. The second-order valence-electron chi connectivity index (χ2n) is 6.63. The van der Waals surface area contributed by atoms with Gasteiger partial charge in [0.05, 0.1) is 17.0 Å². The Hall–Kier alpha value is -1.27. The molecule has 0 amide bonds. The summed E-state index contributed by atoms with van der Waals surface area (Å²) >= 11 is 0. The van der Waals surface area contributed by atoms with Crippen LogP contribution in [0.15, 0.2) is 36.0 Å². The van der Waals surface area contributed by atoms with E-state index in [2.05, 4.69) is 44.5 Å². The van der Waals surface area contributed by atoms with Crippen LogP contribution < -0.4 is 28.9 Å². The first-order chi connectivity index (χ1) is 11.0. The van der Waals surface area contributed by atoms with E-state index in [1.165, 1.54) is 17.2 Å². The number of nitrogens with one attached hydrogen (secondary N) is 1. The van der Waals surface area contributed by atoms with E-state index >= 15 is 0 Å². The first kappa shape index (κ1) is 26.0. The molecule has 0 aliphatic carbocycles. The average Bonchev–Trinajstić information content (AvgIpc) is 2.45. The van der Waals surface area contributed by atoms with Gasteiger partial charge < -0.3 is 12.4 Å². The summed E-state index contributed by atoms with van der Waals surface area (Å²) in [6, 6.07) is 0. The van der Waals surface area contributed by atoms with Gasteiger partial charge >= 0.3 is 5.96 Å². The molecular weight excluding hydrogens is 358 g/mol. The zero-order chi connectivity index (χ0) is 18.8. The van der Waals surface area contributed by atoms with Crippen molar-refractivity contribution in [3.63, 3.8) is 0 Å². The number of hydrogen-bond donors (Lipinski definition) is 3. The third-order valence-electron chi connectivity index (χ3n) is 4.07. The lowest BCUT2D eigenvalue weighted by molar-refractivity contribution is -0.453. The Morgan fingerprint density at radius 2 is 1.76 bits per heavy atom. The highest BCUT2D eigenvalue weighted by Crippen LogP contribution is 2.26. The molecule has 0 aliphatic rings. The fraction of sp³-hybridized carbons (Fsp3) is 0.611. The SMILES string of the molecule is C=CC(C)(CC/C=C(\C)CCC=C(C)C)S(=O)(=O)CC[NH+]=C(N)N.[Cl-]. The van der Waals surface area contributed by atoms with Crippen LogP contribution in [0.1, 0.15) is 53.4 Å². The largest absolute Gasteiger partial charge is 1.00 e. The van der Waals surface area contributed by atoms with Crippen molar-refractivity contribution in [2.45, 2.75) is 58.1 Å². The molecule has 0 aromatic heterocycles. The van der Waals surface area contributed by atoms with Crippen molar-refractivity contribution >= 4 is 15.8 Å². The zero-order valence-electron chi connectivity index (χ0n) is 15.9. The molecule has 0 aromatic carbocycles. The maximum absolute atomic E-state index is 12.6. The van der Waals surface area contributed by atoms with Gasteiger partial charge in [0.25, 0.3) is 0 Å². The van der Waals surface area contributed by atoms with Crippen molar-refractivity contribution in [1.82, 2.24) is 0 Å². The molecule has 0 aromatic rings. The molecule has 0 rings (SSSR count). The second kappa shape index (κ2) is 12.1. The molecule has 0 heterocycles. The van der Waals surface area contributed by atoms with Gasteiger partial charge in [-0.15, -0.1) is 6.58 Å². The van der Waals surface area contributed by atoms with E-state index in [1.807, 2.05) is 0 Å². The van der Waals surface area contributed by atoms with E-state index in [1.54, 1.807) is 6.92 Å². The number of nitrogens with two attached hydrogens (primary N) is 2. The number of allylic oxidation sites excluding steroid dienone is 4. The molecule has 5 N–H and O–H groups in total. The Morgan fingerprint density at radius 3 is 2.24 bits per heavy atom. The molecule has 0 saturated heterocycles. The molecule has 146 valence electrons. The predicted molar refractivity (Wildman–Crippen MR) is 103 cm³/mol. The Labute approximate surface area is 159 Å². The number of halogens is 1. The molecule has 5 nitrogen and oxygen atoms in total. The lowest BCUT2D eigenvalue weighted by Gasteiger charge is -2.25. The van der Waals surface area contributed by atoms with Crippen molar-refractivity contribution < 1.29 is 25.8 Å². The summed E-state index contributed by atoms with van der Waals surface area (Å²) < 4.78 is 24.2. The Balaban J connectivity index is 0. The number of guanidine groups is 1. The third-order valence-corrected chi connectivity index (χ3v) is 6.60. The van der Waals surface area contributed by atoms with Crippen molar-refractivity contribution in [3.8, 4) is 0 Å². The van der Waals surface area contributed by atoms with Crippen LogP contribution in [0.3, 0.4) is 0 Å². The summed E-state index contributed by atoms with van der Waals surface area (Å²) in [4.78, 5) is 2.65. The number of rotatable bonds is 11. The van der Waals surface area contributed by atoms with E-state index in [9.17, 15) is 8.42 Å². The fourth-order valence-electron chi connectivity index (χ4n) is 2.24. The second-order valence-corrected chi connectivity index (χ2v) is 9.20. The van der Waals surface area contributed by atoms with Crippen molar-refractivity contribution in [1.29, 1.82) is 0 Å². The highest BCUT2D eigenvalue weighted by atomic mass is 35.5. The Kier molecular flexibility index (Phi) is 12.6. The van der Waals surface area contributed by atoms with Crippen molar-refractivity contribution in [2.75, 3.05) is 12.3 Å². The molecule has 0 spiro atoms. The quantitative estimate of drug-likeness (QED) is 0.219. The van der Waals surface area contributed by atoms with Crippen LogP contribution in [0.5, 0.6) is 0 Å². The first-order valence-corrected chi connectivity index (χ1v) is 9.96. The van der Waals surface area contributed by atoms with Gasteiger partial charge in [0, 0.05) is 0 Å². The van der Waals surface area contributed by atoms with Crippen LogP contribution >= 0.6 is 0 Å². The van der Waals surface area contributed by atoms with Gasteiger partial charge in [0.1, 0.15) is 0 Å².